The SMILES string of the molecule is CNCC(=O)c1cc(C)cc(OC)c1O. The molecule has 0 atom stereocenters. The van der Waals surface area contributed by atoms with Crippen molar-refractivity contribution in [3.63, 3.8) is 0 Å². The lowest BCUT2D eigenvalue weighted by atomic mass is 10.1. The number of likely N-dealkylation sites (N-methyl/N-ethyl adjacent to an activating group) is 1. The van der Waals surface area contributed by atoms with Gasteiger partial charge in [0, 0.05) is 0 Å². The fraction of sp³-hybridized carbons (Fsp3) is 0.364. The molecule has 82 valence electrons. The molecule has 0 aliphatic carbocycles. The molecular formula is C11H15NO3. The van der Waals surface area contributed by atoms with Gasteiger partial charge in [-0.15, -0.1) is 0 Å². The predicted octanol–water partition coefficient (Wildman–Crippen LogP) is 1.11. The fourth-order valence-electron chi connectivity index (χ4n) is 1.37. The largest absolute Gasteiger partial charge is 0.504 e. The van der Waals surface area contributed by atoms with Crippen molar-refractivity contribution in [1.29, 1.82) is 0 Å². The maximum Gasteiger partial charge on any atom is 0.180 e. The Labute approximate surface area is 88.9 Å². The number of hydrogen-bond donors (Lipinski definition) is 2. The van der Waals surface area contributed by atoms with E-state index in [-0.39, 0.29) is 18.1 Å². The van der Waals surface area contributed by atoms with Crippen molar-refractivity contribution in [2.45, 2.75) is 6.92 Å². The summed E-state index contributed by atoms with van der Waals surface area (Å²) in [6, 6.07) is 3.34. The molecule has 0 aromatic heterocycles. The van der Waals surface area contributed by atoms with Gasteiger partial charge in [-0.3, -0.25) is 4.79 Å². The Bertz CT molecular complexity index is 374. The third-order valence-electron chi connectivity index (χ3n) is 2.08. The predicted molar refractivity (Wildman–Crippen MR) is 57.7 cm³/mol. The van der Waals surface area contributed by atoms with Crippen LogP contribution in [0.4, 0.5) is 0 Å². The molecule has 0 radical (unpaired) electrons. The van der Waals surface area contributed by atoms with Crippen LogP contribution in [-0.2, 0) is 0 Å². The minimum absolute atomic E-state index is 0.0941. The van der Waals surface area contributed by atoms with Gasteiger partial charge in [-0.25, -0.2) is 0 Å². The van der Waals surface area contributed by atoms with Crippen LogP contribution in [-0.4, -0.2) is 31.6 Å². The van der Waals surface area contributed by atoms with Gasteiger partial charge in [0.1, 0.15) is 0 Å². The van der Waals surface area contributed by atoms with E-state index in [0.717, 1.165) is 5.56 Å². The summed E-state index contributed by atoms with van der Waals surface area (Å²) in [4.78, 5) is 11.6. The van der Waals surface area contributed by atoms with Gasteiger partial charge < -0.3 is 15.2 Å². The molecule has 2 N–H and O–H groups in total. The number of ketones is 1. The van der Waals surface area contributed by atoms with Gasteiger partial charge in [-0.1, -0.05) is 0 Å². The van der Waals surface area contributed by atoms with Gasteiger partial charge >= 0.3 is 0 Å². The topological polar surface area (TPSA) is 58.6 Å². The number of carbonyl (C=O) groups is 1. The summed E-state index contributed by atoms with van der Waals surface area (Å²) in [7, 11) is 3.14. The van der Waals surface area contributed by atoms with E-state index in [9.17, 15) is 9.90 Å². The van der Waals surface area contributed by atoms with E-state index >= 15 is 0 Å². The molecule has 0 aliphatic heterocycles. The van der Waals surface area contributed by atoms with Crippen molar-refractivity contribution in [3.8, 4) is 11.5 Å². The number of ether oxygens (including phenoxy) is 1. The zero-order valence-corrected chi connectivity index (χ0v) is 9.13. The number of carbonyl (C=O) groups excluding carboxylic acids is 1. The van der Waals surface area contributed by atoms with Crippen molar-refractivity contribution in [2.75, 3.05) is 20.7 Å². The minimum Gasteiger partial charge on any atom is -0.504 e. The van der Waals surface area contributed by atoms with E-state index in [1.165, 1.54) is 7.11 Å². The molecule has 0 amide bonds. The number of benzene rings is 1. The van der Waals surface area contributed by atoms with Gasteiger partial charge in [0.25, 0.3) is 0 Å². The number of Topliss-reactive ketones (excluding diaryl/α,β-unsaturated/α-hetero) is 1. The molecule has 0 heterocycles. The molecule has 0 spiro atoms. The third kappa shape index (κ3) is 2.47. The summed E-state index contributed by atoms with van der Waals surface area (Å²) in [5.74, 6) is 0.0785. The first-order chi connectivity index (χ1) is 7.10. The maximum absolute atomic E-state index is 11.6. The van der Waals surface area contributed by atoms with Crippen LogP contribution in [0.5, 0.6) is 11.5 Å². The van der Waals surface area contributed by atoms with E-state index in [1.807, 2.05) is 6.92 Å². The lowest BCUT2D eigenvalue weighted by molar-refractivity contribution is 0.0990. The molecule has 4 heteroatoms. The quantitative estimate of drug-likeness (QED) is 0.729. The highest BCUT2D eigenvalue weighted by atomic mass is 16.5. The molecule has 0 unspecified atom stereocenters. The fourth-order valence-corrected chi connectivity index (χ4v) is 1.37. The number of nitrogens with one attached hydrogen (secondary N) is 1. The Morgan fingerprint density at radius 3 is 2.73 bits per heavy atom. The molecular weight excluding hydrogens is 194 g/mol. The highest BCUT2D eigenvalue weighted by Crippen LogP contribution is 2.31. The number of hydrogen-bond acceptors (Lipinski definition) is 4. The monoisotopic (exact) mass is 209 g/mol. The highest BCUT2D eigenvalue weighted by Gasteiger charge is 2.15. The molecule has 4 nitrogen and oxygen atoms in total. The first kappa shape index (κ1) is 11.5. The Balaban J connectivity index is 3.17. The van der Waals surface area contributed by atoms with Gasteiger partial charge in [0.2, 0.25) is 0 Å². The number of methoxy groups -OCH3 is 1. The molecule has 1 aromatic carbocycles. The van der Waals surface area contributed by atoms with Crippen molar-refractivity contribution in [1.82, 2.24) is 5.32 Å². The van der Waals surface area contributed by atoms with E-state index in [2.05, 4.69) is 5.32 Å². The number of rotatable bonds is 4. The normalized spacial score (nSPS) is 10.1. The average Bonchev–Trinajstić information content (AvgIpc) is 2.21. The van der Waals surface area contributed by atoms with Crippen LogP contribution in [0.15, 0.2) is 12.1 Å². The molecule has 15 heavy (non-hydrogen) atoms. The van der Waals surface area contributed by atoms with E-state index in [4.69, 9.17) is 4.74 Å². The van der Waals surface area contributed by atoms with Crippen LogP contribution in [0.3, 0.4) is 0 Å². The molecule has 1 aromatic rings. The van der Waals surface area contributed by atoms with Crippen LogP contribution in [0, 0.1) is 6.92 Å². The smallest absolute Gasteiger partial charge is 0.180 e. The Hall–Kier alpha value is -1.55. The number of phenolic OH excluding ortho intramolecular Hbond substituents is 1. The average molecular weight is 209 g/mol. The Morgan fingerprint density at radius 2 is 2.20 bits per heavy atom. The minimum atomic E-state index is -0.156. The van der Waals surface area contributed by atoms with Gasteiger partial charge in [0.15, 0.2) is 17.3 Å². The van der Waals surface area contributed by atoms with Crippen LogP contribution in [0.2, 0.25) is 0 Å². The third-order valence-corrected chi connectivity index (χ3v) is 2.08. The number of phenols is 1. The highest BCUT2D eigenvalue weighted by molar-refractivity contribution is 6.00. The molecule has 0 bridgehead atoms. The zero-order chi connectivity index (χ0) is 11.4. The summed E-state index contributed by atoms with van der Waals surface area (Å²) in [5, 5.41) is 12.5. The molecule has 1 rings (SSSR count). The maximum atomic E-state index is 11.6. The van der Waals surface area contributed by atoms with Crippen molar-refractivity contribution >= 4 is 5.78 Å². The van der Waals surface area contributed by atoms with E-state index in [0.29, 0.717) is 11.3 Å². The molecule has 0 saturated carbocycles. The van der Waals surface area contributed by atoms with Crippen LogP contribution in [0.1, 0.15) is 15.9 Å². The van der Waals surface area contributed by atoms with E-state index < -0.39 is 0 Å². The number of aromatic hydroxyl groups is 1. The summed E-state index contributed by atoms with van der Waals surface area (Å²) in [6.45, 7) is 2.04. The second-order valence-electron chi connectivity index (χ2n) is 3.32. The van der Waals surface area contributed by atoms with Crippen LogP contribution in [0.25, 0.3) is 0 Å². The van der Waals surface area contributed by atoms with Gasteiger partial charge in [-0.05, 0) is 31.7 Å². The van der Waals surface area contributed by atoms with Crippen molar-refractivity contribution in [3.05, 3.63) is 23.3 Å². The Morgan fingerprint density at radius 1 is 1.53 bits per heavy atom. The Kier molecular flexibility index (Phi) is 3.68. The molecule has 0 saturated heterocycles. The first-order valence-electron chi connectivity index (χ1n) is 4.65. The summed E-state index contributed by atoms with van der Waals surface area (Å²) >= 11 is 0. The van der Waals surface area contributed by atoms with Crippen LogP contribution < -0.4 is 10.1 Å². The second-order valence-corrected chi connectivity index (χ2v) is 3.32. The van der Waals surface area contributed by atoms with Crippen LogP contribution >= 0.6 is 0 Å². The van der Waals surface area contributed by atoms with Gasteiger partial charge in [0.05, 0.1) is 19.2 Å². The van der Waals surface area contributed by atoms with Crippen molar-refractivity contribution < 1.29 is 14.6 Å². The van der Waals surface area contributed by atoms with E-state index in [1.54, 1.807) is 19.2 Å². The summed E-state index contributed by atoms with van der Waals surface area (Å²) < 4.78 is 4.97. The van der Waals surface area contributed by atoms with Crippen molar-refractivity contribution in [2.24, 2.45) is 0 Å². The first-order valence-corrected chi connectivity index (χ1v) is 4.65. The summed E-state index contributed by atoms with van der Waals surface area (Å²) in [5.41, 5.74) is 1.17. The molecule has 0 aliphatic rings. The lowest BCUT2D eigenvalue weighted by Crippen LogP contribution is -2.18. The molecule has 0 fully saturated rings. The lowest BCUT2D eigenvalue weighted by Gasteiger charge is -2.09. The zero-order valence-electron chi connectivity index (χ0n) is 9.13. The number of aryl methyl sites for hydroxylation is 1. The summed E-state index contributed by atoms with van der Waals surface area (Å²) in [6.07, 6.45) is 0. The van der Waals surface area contributed by atoms with Gasteiger partial charge in [-0.2, -0.15) is 0 Å². The second kappa shape index (κ2) is 4.79. The standard InChI is InChI=1S/C11H15NO3/c1-7-4-8(9(13)6-12-2)11(14)10(5-7)15-3/h4-5,12,14H,6H2,1-3H3.